The molecule has 2 aromatic rings. The Labute approximate surface area is 245 Å². The van der Waals surface area contributed by atoms with E-state index in [4.69, 9.17) is 18.9 Å². The summed E-state index contributed by atoms with van der Waals surface area (Å²) in [5.74, 6) is -1.92. The van der Waals surface area contributed by atoms with Crippen LogP contribution in [-0.4, -0.2) is 113 Å². The molecule has 1 saturated heterocycles. The molecule has 1 saturated carbocycles. The van der Waals surface area contributed by atoms with Crippen molar-refractivity contribution >= 4 is 5.78 Å². The molecule has 11 unspecified atom stereocenters. The van der Waals surface area contributed by atoms with Crippen LogP contribution in [0.25, 0.3) is 0 Å². The Hall–Kier alpha value is -3.21. The Morgan fingerprint density at radius 2 is 1.65 bits per heavy atom. The minimum Gasteiger partial charge on any atom is -0.508 e. The number of phenols is 3. The zero-order chi connectivity index (χ0) is 31.3. The number of aromatic hydroxyl groups is 3. The van der Waals surface area contributed by atoms with Crippen LogP contribution in [0.4, 0.5) is 0 Å². The summed E-state index contributed by atoms with van der Waals surface area (Å²) in [7, 11) is 0. The maximum absolute atomic E-state index is 12.8. The number of phenolic OH excluding ortho intramolecular Hbond substituents is 3. The highest BCUT2D eigenvalue weighted by Crippen LogP contribution is 2.44. The number of aryl methyl sites for hydroxylation is 1. The van der Waals surface area contributed by atoms with Crippen LogP contribution in [0.15, 0.2) is 24.3 Å². The van der Waals surface area contributed by atoms with E-state index in [1.54, 1.807) is 19.9 Å². The van der Waals surface area contributed by atoms with Crippen molar-refractivity contribution in [1.82, 2.24) is 0 Å². The number of ether oxygens (including phenoxy) is 4. The first-order valence-corrected chi connectivity index (χ1v) is 13.9. The molecule has 14 nitrogen and oxygen atoms in total. The number of fused-ring (bicyclic) bond motifs is 1. The zero-order valence-corrected chi connectivity index (χ0v) is 23.3. The fraction of sp³-hybridized carbons (Fsp3) is 0.552. The van der Waals surface area contributed by atoms with E-state index in [2.05, 4.69) is 0 Å². The molecule has 14 heteroatoms. The van der Waals surface area contributed by atoms with Crippen molar-refractivity contribution < 1.29 is 69.7 Å². The highest BCUT2D eigenvalue weighted by atomic mass is 16.7. The predicted molar refractivity (Wildman–Crippen MR) is 144 cm³/mol. The molecule has 3 aliphatic rings. The number of benzene rings is 2. The molecule has 2 aliphatic heterocycles. The summed E-state index contributed by atoms with van der Waals surface area (Å²) in [4.78, 5) is 12.8. The van der Waals surface area contributed by atoms with Gasteiger partial charge in [0.2, 0.25) is 0 Å². The average Bonchev–Trinajstić information content (AvgIpc) is 2.95. The fourth-order valence-electron chi connectivity index (χ4n) is 5.88. The highest BCUT2D eigenvalue weighted by molar-refractivity contribution is 6.02. The second-order valence-corrected chi connectivity index (χ2v) is 11.4. The lowest BCUT2D eigenvalue weighted by Crippen LogP contribution is -2.62. The Balaban J connectivity index is 1.32. The minimum atomic E-state index is -1.69. The van der Waals surface area contributed by atoms with E-state index in [0.29, 0.717) is 11.1 Å². The second kappa shape index (κ2) is 12.1. The smallest absolute Gasteiger partial charge is 0.187 e. The van der Waals surface area contributed by atoms with Gasteiger partial charge in [-0.2, -0.15) is 0 Å². The third-order valence-electron chi connectivity index (χ3n) is 8.30. The summed E-state index contributed by atoms with van der Waals surface area (Å²) in [5.41, 5.74) is 0.764. The van der Waals surface area contributed by atoms with Gasteiger partial charge in [0, 0.05) is 12.1 Å². The number of aliphatic hydroxyl groups is 6. The van der Waals surface area contributed by atoms with E-state index in [-0.39, 0.29) is 41.4 Å². The van der Waals surface area contributed by atoms with Crippen LogP contribution in [0.5, 0.6) is 28.7 Å². The lowest BCUT2D eigenvalue weighted by Gasteiger charge is -2.45. The largest absolute Gasteiger partial charge is 0.508 e. The van der Waals surface area contributed by atoms with Gasteiger partial charge in [-0.15, -0.1) is 0 Å². The van der Waals surface area contributed by atoms with Gasteiger partial charge >= 0.3 is 0 Å². The van der Waals surface area contributed by atoms with Crippen LogP contribution >= 0.6 is 0 Å². The van der Waals surface area contributed by atoms with Crippen molar-refractivity contribution in [2.24, 2.45) is 5.92 Å². The summed E-state index contributed by atoms with van der Waals surface area (Å²) >= 11 is 0. The number of aliphatic hydroxyl groups excluding tert-OH is 6. The number of hydrogen-bond donors (Lipinski definition) is 9. The topological polar surface area (TPSA) is 236 Å². The lowest BCUT2D eigenvalue weighted by atomic mass is 9.81. The van der Waals surface area contributed by atoms with E-state index in [1.165, 1.54) is 12.1 Å². The van der Waals surface area contributed by atoms with Crippen molar-refractivity contribution in [2.45, 2.75) is 87.9 Å². The molecule has 1 aliphatic carbocycles. The van der Waals surface area contributed by atoms with Gasteiger partial charge in [0.1, 0.15) is 71.6 Å². The maximum atomic E-state index is 12.8. The number of carbonyl (C=O) groups is 1. The molecule has 0 aromatic heterocycles. The quantitative estimate of drug-likeness (QED) is 0.201. The molecule has 9 N–H and O–H groups in total. The molecule has 236 valence electrons. The molecule has 0 spiro atoms. The SMILES string of the molecule is Cc1cc(C2CC(=O)c3c(O)cc(O)cc3O2)cc(OC2CC(C)C(OC3OC(CO)C(O)C(O)C3O)C(O)C2O)c1O. The van der Waals surface area contributed by atoms with Gasteiger partial charge in [-0.25, -0.2) is 0 Å². The third kappa shape index (κ3) is 5.84. The maximum Gasteiger partial charge on any atom is 0.187 e. The van der Waals surface area contributed by atoms with Crippen LogP contribution in [0.2, 0.25) is 0 Å². The van der Waals surface area contributed by atoms with Crippen LogP contribution < -0.4 is 9.47 Å². The summed E-state index contributed by atoms with van der Waals surface area (Å²) < 4.78 is 23.0. The predicted octanol–water partition coefficient (Wildman–Crippen LogP) is -0.488. The molecule has 11 atom stereocenters. The number of Topliss-reactive ketones (excluding diaryl/α,β-unsaturated/α-hetero) is 1. The van der Waals surface area contributed by atoms with Gasteiger partial charge in [0.25, 0.3) is 0 Å². The highest BCUT2D eigenvalue weighted by Gasteiger charge is 2.49. The van der Waals surface area contributed by atoms with Gasteiger partial charge in [-0.3, -0.25) is 4.79 Å². The van der Waals surface area contributed by atoms with E-state index in [9.17, 15) is 50.8 Å². The van der Waals surface area contributed by atoms with Gasteiger partial charge in [0.05, 0.1) is 19.1 Å². The standard InChI is InChI=1S/C29H36O14/c1-10-3-12(16-8-15(33)21-14(32)6-13(31)7-17(21)40-16)5-19(22(10)34)41-18-4-11(2)28(26(38)23(18)35)43-29-27(39)25(37)24(36)20(9-30)42-29/h3,5-7,11,16,18,20,23-32,34-39H,4,8-9H2,1-2H3. The molecular formula is C29H36O14. The molecule has 2 heterocycles. The Morgan fingerprint density at radius 1 is 0.930 bits per heavy atom. The van der Waals surface area contributed by atoms with Crippen LogP contribution in [0.3, 0.4) is 0 Å². The molecular weight excluding hydrogens is 572 g/mol. The molecule has 0 radical (unpaired) electrons. The second-order valence-electron chi connectivity index (χ2n) is 11.4. The number of carbonyl (C=O) groups excluding carboxylic acids is 1. The van der Waals surface area contributed by atoms with E-state index in [0.717, 1.165) is 6.07 Å². The summed E-state index contributed by atoms with van der Waals surface area (Å²) in [6.07, 6.45) is -13.8. The number of rotatable bonds is 6. The first kappa shape index (κ1) is 31.2. The van der Waals surface area contributed by atoms with E-state index >= 15 is 0 Å². The number of hydrogen-bond acceptors (Lipinski definition) is 14. The summed E-state index contributed by atoms with van der Waals surface area (Å²) in [5, 5.41) is 92.4. The Morgan fingerprint density at radius 3 is 2.35 bits per heavy atom. The van der Waals surface area contributed by atoms with E-state index < -0.39 is 85.3 Å². The summed E-state index contributed by atoms with van der Waals surface area (Å²) in [6.45, 7) is 2.62. The Kier molecular flexibility index (Phi) is 8.75. The van der Waals surface area contributed by atoms with Crippen molar-refractivity contribution in [2.75, 3.05) is 6.61 Å². The normalized spacial score (nSPS) is 36.1. The van der Waals surface area contributed by atoms with Gasteiger partial charge in [-0.1, -0.05) is 6.92 Å². The average molecular weight is 609 g/mol. The molecule has 43 heavy (non-hydrogen) atoms. The molecule has 2 aromatic carbocycles. The van der Waals surface area contributed by atoms with Crippen LogP contribution in [0, 0.1) is 12.8 Å². The van der Waals surface area contributed by atoms with Crippen molar-refractivity contribution in [3.63, 3.8) is 0 Å². The van der Waals surface area contributed by atoms with Gasteiger partial charge < -0.3 is 64.9 Å². The molecule has 2 fully saturated rings. The number of ketones is 1. The van der Waals surface area contributed by atoms with Crippen molar-refractivity contribution in [3.8, 4) is 28.7 Å². The minimum absolute atomic E-state index is 0.00274. The zero-order valence-electron chi connectivity index (χ0n) is 23.3. The molecule has 0 bridgehead atoms. The first-order chi connectivity index (χ1) is 20.3. The van der Waals surface area contributed by atoms with Crippen molar-refractivity contribution in [3.05, 3.63) is 41.0 Å². The van der Waals surface area contributed by atoms with Gasteiger partial charge in [-0.05, 0) is 42.5 Å². The third-order valence-corrected chi connectivity index (χ3v) is 8.30. The fourth-order valence-corrected chi connectivity index (χ4v) is 5.88. The Bertz CT molecular complexity index is 1350. The van der Waals surface area contributed by atoms with Crippen molar-refractivity contribution in [1.29, 1.82) is 0 Å². The lowest BCUT2D eigenvalue weighted by molar-refractivity contribution is -0.328. The van der Waals surface area contributed by atoms with Crippen LogP contribution in [0.1, 0.15) is 47.4 Å². The summed E-state index contributed by atoms with van der Waals surface area (Å²) in [6, 6.07) is 5.29. The monoisotopic (exact) mass is 608 g/mol. The molecule has 0 amide bonds. The molecule has 5 rings (SSSR count). The van der Waals surface area contributed by atoms with Crippen LogP contribution in [-0.2, 0) is 9.47 Å². The van der Waals surface area contributed by atoms with Gasteiger partial charge in [0.15, 0.2) is 23.6 Å². The van der Waals surface area contributed by atoms with E-state index in [1.807, 2.05) is 0 Å². The first-order valence-electron chi connectivity index (χ1n) is 13.9.